The number of carbonyl (C=O) groups excluding carboxylic acids is 1. The Kier molecular flexibility index (Phi) is 9.75. The van der Waals surface area contributed by atoms with Crippen LogP contribution in [-0.4, -0.2) is 54.5 Å². The van der Waals surface area contributed by atoms with Gasteiger partial charge in [-0.2, -0.15) is 0 Å². The molecule has 1 N–H and O–H groups in total. The van der Waals surface area contributed by atoms with Gasteiger partial charge in [-0.15, -0.1) is 0 Å². The highest BCUT2D eigenvalue weighted by Crippen LogP contribution is 2.69. The fourth-order valence-electron chi connectivity index (χ4n) is 11.4. The first-order valence-electron chi connectivity index (χ1n) is 18.3. The van der Waals surface area contributed by atoms with Gasteiger partial charge in [0.05, 0.1) is 12.2 Å². The molecule has 0 aromatic rings. The summed E-state index contributed by atoms with van der Waals surface area (Å²) < 4.78 is 25.9. The maximum absolute atomic E-state index is 12.5. The minimum absolute atomic E-state index is 0.0199. The number of hydrogen-bond donors (Lipinski definition) is 1. The van der Waals surface area contributed by atoms with Crippen molar-refractivity contribution in [3.63, 3.8) is 0 Å². The first-order valence-corrected chi connectivity index (χ1v) is 18.3. The van der Waals surface area contributed by atoms with Crippen molar-refractivity contribution in [2.75, 3.05) is 13.2 Å². The van der Waals surface area contributed by atoms with E-state index in [4.69, 9.17) is 18.9 Å². The fraction of sp³-hybridized carbons (Fsp3) is 0.973. The van der Waals surface area contributed by atoms with Gasteiger partial charge >= 0.3 is 0 Å². The maximum atomic E-state index is 12.5. The molecule has 43 heavy (non-hydrogen) atoms. The van der Waals surface area contributed by atoms with Crippen molar-refractivity contribution in [3.05, 3.63) is 0 Å². The van der Waals surface area contributed by atoms with Crippen molar-refractivity contribution in [1.29, 1.82) is 0 Å². The molecule has 246 valence electrons. The predicted octanol–water partition coefficient (Wildman–Crippen LogP) is 7.84. The lowest BCUT2D eigenvalue weighted by atomic mass is 9.43. The third kappa shape index (κ3) is 6.53. The zero-order valence-electron chi connectivity index (χ0n) is 28.0. The second-order valence-corrected chi connectivity index (χ2v) is 16.8. The summed E-state index contributed by atoms with van der Waals surface area (Å²) >= 11 is 0. The summed E-state index contributed by atoms with van der Waals surface area (Å²) in [6, 6.07) is 0. The van der Waals surface area contributed by atoms with Crippen molar-refractivity contribution < 1.29 is 28.8 Å². The molecule has 0 aromatic heterocycles. The molecule has 0 aromatic carbocycles. The SMILES string of the molecule is C[C@H](CCC(=O)C(C)(C)O)[C@H]1CC[C@H]2[C@@H]3CC(OC4CCCCO4)C4CC(OC5CCCCO5)CC[C@]4(C)[C@H]3CC[C@]12C. The van der Waals surface area contributed by atoms with E-state index in [1.54, 1.807) is 13.8 Å². The normalized spacial score (nSPS) is 46.0. The number of rotatable bonds is 9. The summed E-state index contributed by atoms with van der Waals surface area (Å²) in [5, 5.41) is 10.2. The van der Waals surface area contributed by atoms with Crippen LogP contribution < -0.4 is 0 Å². The summed E-state index contributed by atoms with van der Waals surface area (Å²) in [6.45, 7) is 12.5. The van der Waals surface area contributed by atoms with E-state index in [1.807, 2.05) is 0 Å². The summed E-state index contributed by atoms with van der Waals surface area (Å²) in [6.07, 6.45) is 18.4. The molecule has 5 unspecified atom stereocenters. The first-order chi connectivity index (χ1) is 20.5. The zero-order chi connectivity index (χ0) is 30.4. The lowest BCUT2D eigenvalue weighted by Gasteiger charge is -2.63. The zero-order valence-corrected chi connectivity index (χ0v) is 28.0. The summed E-state index contributed by atoms with van der Waals surface area (Å²) in [4.78, 5) is 12.5. The van der Waals surface area contributed by atoms with Crippen LogP contribution in [0.5, 0.6) is 0 Å². The number of ketones is 1. The van der Waals surface area contributed by atoms with Gasteiger partial charge in [0.25, 0.3) is 0 Å². The molecule has 6 heteroatoms. The molecule has 4 aliphatic carbocycles. The molecule has 0 spiro atoms. The number of fused-ring (bicyclic) bond motifs is 5. The Morgan fingerprint density at radius 1 is 0.837 bits per heavy atom. The molecular formula is C37H62O6. The molecule has 2 saturated heterocycles. The monoisotopic (exact) mass is 602 g/mol. The molecule has 0 amide bonds. The van der Waals surface area contributed by atoms with E-state index in [0.717, 1.165) is 76.4 Å². The van der Waals surface area contributed by atoms with Crippen molar-refractivity contribution in [2.45, 2.75) is 168 Å². The van der Waals surface area contributed by atoms with Crippen LogP contribution >= 0.6 is 0 Å². The molecular weight excluding hydrogens is 540 g/mol. The van der Waals surface area contributed by atoms with Gasteiger partial charge in [0, 0.05) is 19.6 Å². The van der Waals surface area contributed by atoms with E-state index in [9.17, 15) is 9.90 Å². The molecule has 2 aliphatic heterocycles. The smallest absolute Gasteiger partial charge is 0.163 e. The molecule has 0 bridgehead atoms. The molecule has 0 radical (unpaired) electrons. The van der Waals surface area contributed by atoms with Gasteiger partial charge in [-0.3, -0.25) is 4.79 Å². The third-order valence-electron chi connectivity index (χ3n) is 13.8. The van der Waals surface area contributed by atoms with Gasteiger partial charge in [-0.25, -0.2) is 0 Å². The topological polar surface area (TPSA) is 74.2 Å². The summed E-state index contributed by atoms with van der Waals surface area (Å²) in [7, 11) is 0. The van der Waals surface area contributed by atoms with E-state index < -0.39 is 5.60 Å². The van der Waals surface area contributed by atoms with Crippen LogP contribution in [0.15, 0.2) is 0 Å². The predicted molar refractivity (Wildman–Crippen MR) is 167 cm³/mol. The number of Topliss-reactive ketones (excluding diaryl/α,β-unsaturated/α-hetero) is 1. The Morgan fingerprint density at radius 3 is 2.14 bits per heavy atom. The Labute approximate surface area is 261 Å². The Bertz CT molecular complexity index is 949. The van der Waals surface area contributed by atoms with Crippen LogP contribution in [0.1, 0.15) is 137 Å². The minimum atomic E-state index is -1.22. The molecule has 6 nitrogen and oxygen atoms in total. The number of aliphatic hydroxyl groups is 1. The average Bonchev–Trinajstić information content (AvgIpc) is 3.34. The number of ether oxygens (including phenoxy) is 4. The Hall–Kier alpha value is -0.530. The van der Waals surface area contributed by atoms with Crippen LogP contribution in [0.3, 0.4) is 0 Å². The largest absolute Gasteiger partial charge is 0.383 e. The van der Waals surface area contributed by atoms with Gasteiger partial charge < -0.3 is 24.1 Å². The molecule has 6 aliphatic rings. The second kappa shape index (κ2) is 12.9. The summed E-state index contributed by atoms with van der Waals surface area (Å²) in [5.74, 6) is 3.82. The van der Waals surface area contributed by atoms with Crippen LogP contribution in [-0.2, 0) is 23.7 Å². The van der Waals surface area contributed by atoms with Crippen molar-refractivity contribution >= 4 is 5.78 Å². The highest BCUT2D eigenvalue weighted by Gasteiger charge is 2.63. The van der Waals surface area contributed by atoms with Crippen LogP contribution in [0.4, 0.5) is 0 Å². The van der Waals surface area contributed by atoms with E-state index >= 15 is 0 Å². The van der Waals surface area contributed by atoms with Gasteiger partial charge in [0.2, 0.25) is 0 Å². The molecule has 4 saturated carbocycles. The third-order valence-corrected chi connectivity index (χ3v) is 13.8. The van der Waals surface area contributed by atoms with Gasteiger partial charge in [-0.05, 0) is 156 Å². The van der Waals surface area contributed by atoms with Gasteiger partial charge in [0.15, 0.2) is 18.4 Å². The van der Waals surface area contributed by atoms with Crippen LogP contribution in [0.2, 0.25) is 0 Å². The quantitative estimate of drug-likeness (QED) is 0.271. The van der Waals surface area contributed by atoms with Crippen LogP contribution in [0.25, 0.3) is 0 Å². The minimum Gasteiger partial charge on any atom is -0.383 e. The lowest BCUT2D eigenvalue weighted by molar-refractivity contribution is -0.261. The standard InChI is InChI=1S/C37H62O6/c1-24(12-15-32(38)35(2,3)39)27-13-14-28-26-23-31(43-34-11-7-9-21-41-34)30-22-25(42-33-10-6-8-20-40-33)16-18-37(30,5)29(26)17-19-36(27,28)4/h24-31,33-34,39H,6-23H2,1-5H3/t24-,25?,26+,27-,28+,29+,30?,31?,33?,34?,36-,37-/m1/s1. The number of hydrogen-bond acceptors (Lipinski definition) is 6. The van der Waals surface area contributed by atoms with Crippen molar-refractivity contribution in [2.24, 2.45) is 46.3 Å². The molecule has 2 heterocycles. The van der Waals surface area contributed by atoms with E-state index in [-0.39, 0.29) is 36.0 Å². The first kappa shape index (κ1) is 32.4. The average molecular weight is 603 g/mol. The maximum Gasteiger partial charge on any atom is 0.163 e. The fourth-order valence-corrected chi connectivity index (χ4v) is 11.4. The van der Waals surface area contributed by atoms with Gasteiger partial charge in [-0.1, -0.05) is 20.8 Å². The lowest BCUT2D eigenvalue weighted by Crippen LogP contribution is -2.59. The van der Waals surface area contributed by atoms with E-state index in [1.165, 1.54) is 44.9 Å². The highest BCUT2D eigenvalue weighted by atomic mass is 16.7. The Balaban J connectivity index is 1.19. The Morgan fingerprint density at radius 2 is 1.49 bits per heavy atom. The molecule has 6 fully saturated rings. The van der Waals surface area contributed by atoms with Crippen LogP contribution in [0, 0.1) is 46.3 Å². The molecule has 6 rings (SSSR count). The molecule has 12 atom stereocenters. The van der Waals surface area contributed by atoms with Crippen molar-refractivity contribution in [3.8, 4) is 0 Å². The summed E-state index contributed by atoms with van der Waals surface area (Å²) in [5.41, 5.74) is -0.621. The van der Waals surface area contributed by atoms with E-state index in [2.05, 4.69) is 20.8 Å². The second-order valence-electron chi connectivity index (χ2n) is 16.8. The number of carbonyl (C=O) groups is 1. The highest BCUT2D eigenvalue weighted by molar-refractivity contribution is 5.86. The van der Waals surface area contributed by atoms with E-state index in [0.29, 0.717) is 35.5 Å². The van der Waals surface area contributed by atoms with Crippen molar-refractivity contribution in [1.82, 2.24) is 0 Å². The van der Waals surface area contributed by atoms with Gasteiger partial charge in [0.1, 0.15) is 5.60 Å².